The maximum atomic E-state index is 12.4. The Labute approximate surface area is 132 Å². The molecule has 0 aliphatic carbocycles. The van der Waals surface area contributed by atoms with E-state index in [9.17, 15) is 9.59 Å². The first-order valence-corrected chi connectivity index (χ1v) is 6.84. The van der Waals surface area contributed by atoms with Crippen LogP contribution >= 0.6 is 23.8 Å². The fourth-order valence-corrected chi connectivity index (χ4v) is 2.42. The number of rotatable bonds is 3. The number of halogens is 1. The summed E-state index contributed by atoms with van der Waals surface area (Å²) in [6.07, 6.45) is 2.96. The molecule has 1 aliphatic heterocycles. The molecule has 6 nitrogen and oxygen atoms in total. The molecule has 0 atom stereocenters. The molecule has 1 fully saturated rings. The molecule has 0 radical (unpaired) electrons. The highest BCUT2D eigenvalue weighted by Crippen LogP contribution is 2.23. The van der Waals surface area contributed by atoms with Gasteiger partial charge in [0.2, 0.25) is 0 Å². The predicted molar refractivity (Wildman–Crippen MR) is 83.6 cm³/mol. The van der Waals surface area contributed by atoms with Crippen molar-refractivity contribution in [1.29, 1.82) is 0 Å². The van der Waals surface area contributed by atoms with Crippen LogP contribution in [-0.2, 0) is 16.6 Å². The number of amides is 2. The molecule has 0 unspecified atom stereocenters. The molecule has 110 valence electrons. The normalized spacial score (nSPS) is 17.4. The zero-order valence-electron chi connectivity index (χ0n) is 11.5. The monoisotopic (exact) mass is 324 g/mol. The Bertz CT molecular complexity index is 693. The minimum Gasteiger partial charge on any atom is -0.298 e. The molecule has 1 aliphatic rings. The van der Waals surface area contributed by atoms with E-state index in [2.05, 4.69) is 17.0 Å². The van der Waals surface area contributed by atoms with Crippen molar-refractivity contribution in [2.75, 3.05) is 6.54 Å². The minimum absolute atomic E-state index is 0.0385. The van der Waals surface area contributed by atoms with Crippen molar-refractivity contribution >= 4 is 46.8 Å². The van der Waals surface area contributed by atoms with Crippen LogP contribution in [0.3, 0.4) is 0 Å². The van der Waals surface area contributed by atoms with Crippen molar-refractivity contribution in [3.8, 4) is 0 Å². The van der Waals surface area contributed by atoms with Crippen LogP contribution in [0.25, 0.3) is 6.08 Å². The average molecular weight is 325 g/mol. The molecular formula is C13H13ClN4O2S. The van der Waals surface area contributed by atoms with Gasteiger partial charge in [0.15, 0.2) is 5.11 Å². The van der Waals surface area contributed by atoms with Gasteiger partial charge in [0.05, 0.1) is 5.69 Å². The maximum Gasteiger partial charge on any atom is 0.265 e. The van der Waals surface area contributed by atoms with Crippen molar-refractivity contribution in [1.82, 2.24) is 20.0 Å². The summed E-state index contributed by atoms with van der Waals surface area (Å²) >= 11 is 11.1. The number of hydrogen-bond acceptors (Lipinski definition) is 4. The van der Waals surface area contributed by atoms with Gasteiger partial charge in [-0.2, -0.15) is 5.10 Å². The Balaban J connectivity index is 2.48. The van der Waals surface area contributed by atoms with E-state index in [1.807, 2.05) is 0 Å². The Morgan fingerprint density at radius 2 is 2.14 bits per heavy atom. The highest BCUT2D eigenvalue weighted by molar-refractivity contribution is 7.80. The fraction of sp³-hybridized carbons (Fsp3) is 0.231. The molecule has 0 bridgehead atoms. The molecule has 21 heavy (non-hydrogen) atoms. The third-order valence-electron chi connectivity index (χ3n) is 2.98. The van der Waals surface area contributed by atoms with Gasteiger partial charge in [0.25, 0.3) is 11.8 Å². The zero-order chi connectivity index (χ0) is 15.7. The van der Waals surface area contributed by atoms with Crippen molar-refractivity contribution in [3.05, 3.63) is 34.6 Å². The van der Waals surface area contributed by atoms with E-state index in [0.29, 0.717) is 16.4 Å². The second kappa shape index (κ2) is 5.79. The van der Waals surface area contributed by atoms with Gasteiger partial charge in [-0.15, -0.1) is 6.58 Å². The Kier molecular flexibility index (Phi) is 4.24. The molecule has 0 saturated carbocycles. The summed E-state index contributed by atoms with van der Waals surface area (Å²) in [5.41, 5.74) is 1.12. The largest absolute Gasteiger partial charge is 0.298 e. The number of hydrogen-bond donors (Lipinski definition) is 1. The van der Waals surface area contributed by atoms with Crippen LogP contribution in [0.1, 0.15) is 11.3 Å². The van der Waals surface area contributed by atoms with E-state index in [1.165, 1.54) is 21.7 Å². The molecule has 1 N–H and O–H groups in total. The number of nitrogens with one attached hydrogen (secondary N) is 1. The van der Waals surface area contributed by atoms with Gasteiger partial charge in [-0.1, -0.05) is 17.7 Å². The zero-order valence-corrected chi connectivity index (χ0v) is 13.1. The van der Waals surface area contributed by atoms with E-state index < -0.39 is 11.8 Å². The van der Waals surface area contributed by atoms with Gasteiger partial charge in [-0.3, -0.25) is 24.5 Å². The third kappa shape index (κ3) is 2.74. The SMILES string of the molecule is C=CCN1C(=O)C(=Cc2c(C)nn(C)c2Cl)C(=O)NC1=S. The minimum atomic E-state index is -0.551. The van der Waals surface area contributed by atoms with Crippen LogP contribution in [0.2, 0.25) is 5.15 Å². The van der Waals surface area contributed by atoms with Crippen LogP contribution < -0.4 is 5.32 Å². The molecule has 0 aromatic carbocycles. The van der Waals surface area contributed by atoms with Crippen molar-refractivity contribution in [2.45, 2.75) is 6.92 Å². The second-order valence-electron chi connectivity index (χ2n) is 4.44. The van der Waals surface area contributed by atoms with E-state index in [-0.39, 0.29) is 17.2 Å². The van der Waals surface area contributed by atoms with Crippen LogP contribution in [-0.4, -0.2) is 38.2 Å². The van der Waals surface area contributed by atoms with Crippen molar-refractivity contribution in [3.63, 3.8) is 0 Å². The maximum absolute atomic E-state index is 12.4. The highest BCUT2D eigenvalue weighted by atomic mass is 35.5. The summed E-state index contributed by atoms with van der Waals surface area (Å²) < 4.78 is 1.47. The number of aryl methyl sites for hydroxylation is 2. The summed E-state index contributed by atoms with van der Waals surface area (Å²) in [4.78, 5) is 25.6. The van der Waals surface area contributed by atoms with Crippen LogP contribution in [0.4, 0.5) is 0 Å². The Morgan fingerprint density at radius 3 is 2.67 bits per heavy atom. The summed E-state index contributed by atoms with van der Waals surface area (Å²) in [6.45, 7) is 5.53. The molecule has 2 heterocycles. The van der Waals surface area contributed by atoms with Crippen molar-refractivity contribution in [2.24, 2.45) is 7.05 Å². The van der Waals surface area contributed by atoms with Gasteiger partial charge in [0, 0.05) is 19.2 Å². The van der Waals surface area contributed by atoms with E-state index in [4.69, 9.17) is 23.8 Å². The Hall–Kier alpha value is -1.99. The standard InChI is InChI=1S/C13H13ClN4O2S/c1-4-5-18-12(20)9(11(19)15-13(18)21)6-8-7(2)16-17(3)10(8)14/h4,6H,1,5H2,2-3H3,(H,15,19,21). The van der Waals surface area contributed by atoms with Gasteiger partial charge < -0.3 is 0 Å². The molecule has 1 aromatic rings. The number of carbonyl (C=O) groups excluding carboxylic acids is 2. The van der Waals surface area contributed by atoms with Gasteiger partial charge in [-0.05, 0) is 25.2 Å². The number of nitrogens with zero attached hydrogens (tertiary/aromatic N) is 3. The summed E-state index contributed by atoms with van der Waals surface area (Å²) in [5, 5.41) is 7.03. The summed E-state index contributed by atoms with van der Waals surface area (Å²) in [6, 6.07) is 0. The lowest BCUT2D eigenvalue weighted by Crippen LogP contribution is -2.53. The number of thiocarbonyl (C=S) groups is 1. The quantitative estimate of drug-likeness (QED) is 0.392. The smallest absolute Gasteiger partial charge is 0.265 e. The van der Waals surface area contributed by atoms with Gasteiger partial charge in [0.1, 0.15) is 10.7 Å². The Morgan fingerprint density at radius 1 is 1.48 bits per heavy atom. The first kappa shape index (κ1) is 15.4. The number of carbonyl (C=O) groups is 2. The first-order valence-electron chi connectivity index (χ1n) is 6.05. The molecule has 8 heteroatoms. The molecule has 1 aromatic heterocycles. The molecule has 0 spiro atoms. The summed E-state index contributed by atoms with van der Waals surface area (Å²) in [7, 11) is 1.68. The van der Waals surface area contributed by atoms with E-state index in [1.54, 1.807) is 14.0 Å². The average Bonchev–Trinajstić information content (AvgIpc) is 2.65. The number of aromatic nitrogens is 2. The van der Waals surface area contributed by atoms with Crippen LogP contribution in [0.5, 0.6) is 0 Å². The first-order chi connectivity index (χ1) is 9.86. The van der Waals surface area contributed by atoms with E-state index >= 15 is 0 Å². The lowest BCUT2D eigenvalue weighted by atomic mass is 10.1. The molecule has 2 rings (SSSR count). The lowest BCUT2D eigenvalue weighted by Gasteiger charge is -2.27. The molecule has 1 saturated heterocycles. The lowest BCUT2D eigenvalue weighted by molar-refractivity contribution is -0.128. The van der Waals surface area contributed by atoms with Crippen LogP contribution in [0, 0.1) is 6.92 Å². The highest BCUT2D eigenvalue weighted by Gasteiger charge is 2.33. The second-order valence-corrected chi connectivity index (χ2v) is 5.18. The third-order valence-corrected chi connectivity index (χ3v) is 3.75. The van der Waals surface area contributed by atoms with Crippen LogP contribution in [0.15, 0.2) is 18.2 Å². The molecule has 2 amide bonds. The van der Waals surface area contributed by atoms with Gasteiger partial charge >= 0.3 is 0 Å². The van der Waals surface area contributed by atoms with Crippen molar-refractivity contribution < 1.29 is 9.59 Å². The predicted octanol–water partition coefficient (Wildman–Crippen LogP) is 1.19. The molecular weight excluding hydrogens is 312 g/mol. The summed E-state index contributed by atoms with van der Waals surface area (Å²) in [5.74, 6) is -1.03. The van der Waals surface area contributed by atoms with E-state index in [0.717, 1.165) is 0 Å². The topological polar surface area (TPSA) is 67.2 Å². The van der Waals surface area contributed by atoms with Gasteiger partial charge in [-0.25, -0.2) is 0 Å². The fourth-order valence-electron chi connectivity index (χ4n) is 1.94.